The molecule has 4 N–H and O–H groups in total. The zero-order valence-corrected chi connectivity index (χ0v) is 10.3. The van der Waals surface area contributed by atoms with E-state index >= 15 is 0 Å². The highest BCUT2D eigenvalue weighted by Crippen LogP contribution is 2.32. The first-order chi connectivity index (χ1) is 8.01. The van der Waals surface area contributed by atoms with Gasteiger partial charge >= 0.3 is 0 Å². The van der Waals surface area contributed by atoms with E-state index in [-0.39, 0.29) is 24.6 Å². The van der Waals surface area contributed by atoms with Crippen LogP contribution in [-0.2, 0) is 9.53 Å². The van der Waals surface area contributed by atoms with Crippen molar-refractivity contribution in [3.8, 4) is 0 Å². The second kappa shape index (κ2) is 4.92. The summed E-state index contributed by atoms with van der Waals surface area (Å²) in [6, 6.07) is -0.0260. The van der Waals surface area contributed by atoms with Crippen LogP contribution in [0.4, 0.5) is 0 Å². The second-order valence-electron chi connectivity index (χ2n) is 5.35. The van der Waals surface area contributed by atoms with Gasteiger partial charge in [-0.3, -0.25) is 4.79 Å². The Balaban J connectivity index is 1.71. The lowest BCUT2D eigenvalue weighted by Gasteiger charge is -2.26. The number of rotatable bonds is 5. The van der Waals surface area contributed by atoms with E-state index in [1.54, 1.807) is 0 Å². The van der Waals surface area contributed by atoms with Gasteiger partial charge in [0.25, 0.3) is 0 Å². The van der Waals surface area contributed by atoms with Crippen LogP contribution in [0, 0.1) is 5.92 Å². The molecule has 1 aliphatic heterocycles. The Hall–Kier alpha value is -0.650. The number of hydrogen-bond donors (Lipinski definition) is 3. The summed E-state index contributed by atoms with van der Waals surface area (Å²) in [6.07, 6.45) is 2.99. The van der Waals surface area contributed by atoms with Gasteiger partial charge in [0.15, 0.2) is 0 Å². The van der Waals surface area contributed by atoms with Crippen LogP contribution in [0.15, 0.2) is 0 Å². The molecule has 3 atom stereocenters. The van der Waals surface area contributed by atoms with Crippen LogP contribution >= 0.6 is 0 Å². The van der Waals surface area contributed by atoms with Crippen LogP contribution < -0.4 is 11.1 Å². The highest BCUT2D eigenvalue weighted by molar-refractivity contribution is 5.76. The first kappa shape index (κ1) is 12.8. The lowest BCUT2D eigenvalue weighted by atomic mass is 9.96. The van der Waals surface area contributed by atoms with Gasteiger partial charge in [-0.2, -0.15) is 0 Å². The molecule has 1 aliphatic carbocycles. The number of nitrogens with two attached hydrogens (primary N) is 1. The van der Waals surface area contributed by atoms with E-state index in [1.807, 2.05) is 6.92 Å². The second-order valence-corrected chi connectivity index (χ2v) is 5.35. The third kappa shape index (κ3) is 3.18. The fourth-order valence-electron chi connectivity index (χ4n) is 2.23. The maximum absolute atomic E-state index is 11.6. The van der Waals surface area contributed by atoms with E-state index in [2.05, 4.69) is 5.32 Å². The Bertz CT molecular complexity index is 293. The van der Waals surface area contributed by atoms with Crippen molar-refractivity contribution in [2.24, 2.45) is 11.7 Å². The molecule has 5 heteroatoms. The van der Waals surface area contributed by atoms with E-state index in [0.717, 1.165) is 12.8 Å². The molecule has 0 bridgehead atoms. The lowest BCUT2D eigenvalue weighted by molar-refractivity contribution is -0.123. The summed E-state index contributed by atoms with van der Waals surface area (Å²) >= 11 is 0. The van der Waals surface area contributed by atoms with Gasteiger partial charge in [-0.05, 0) is 25.7 Å². The average molecular weight is 242 g/mol. The fourth-order valence-corrected chi connectivity index (χ4v) is 2.23. The van der Waals surface area contributed by atoms with Crippen LogP contribution in [0.25, 0.3) is 0 Å². The van der Waals surface area contributed by atoms with E-state index in [9.17, 15) is 9.90 Å². The van der Waals surface area contributed by atoms with Crippen molar-refractivity contribution in [1.82, 2.24) is 5.32 Å². The van der Waals surface area contributed by atoms with Crippen LogP contribution in [0.1, 0.15) is 32.6 Å². The molecule has 17 heavy (non-hydrogen) atoms. The number of ether oxygens (including phenoxy) is 1. The molecule has 1 saturated heterocycles. The number of aliphatic hydroxyl groups is 1. The monoisotopic (exact) mass is 242 g/mol. The highest BCUT2D eigenvalue weighted by Gasteiger charge is 2.39. The molecule has 2 fully saturated rings. The van der Waals surface area contributed by atoms with Crippen molar-refractivity contribution in [3.63, 3.8) is 0 Å². The molecule has 0 aromatic carbocycles. The van der Waals surface area contributed by atoms with Crippen LogP contribution in [-0.4, -0.2) is 41.9 Å². The minimum absolute atomic E-state index is 0.0260. The molecule has 2 rings (SSSR count). The normalized spacial score (nSPS) is 34.6. The molecule has 1 saturated carbocycles. The molecule has 98 valence electrons. The van der Waals surface area contributed by atoms with Crippen LogP contribution in [0.2, 0.25) is 0 Å². The summed E-state index contributed by atoms with van der Waals surface area (Å²) in [5, 5.41) is 13.0. The summed E-state index contributed by atoms with van der Waals surface area (Å²) in [5.41, 5.74) is 4.96. The predicted octanol–water partition coefficient (Wildman–Crippen LogP) is -0.230. The lowest BCUT2D eigenvalue weighted by Crippen LogP contribution is -2.48. The quantitative estimate of drug-likeness (QED) is 0.622. The van der Waals surface area contributed by atoms with Crippen LogP contribution in [0.3, 0.4) is 0 Å². The van der Waals surface area contributed by atoms with E-state index < -0.39 is 5.60 Å². The summed E-state index contributed by atoms with van der Waals surface area (Å²) in [6.45, 7) is 2.63. The van der Waals surface area contributed by atoms with Gasteiger partial charge in [-0.25, -0.2) is 0 Å². The van der Waals surface area contributed by atoms with Crippen molar-refractivity contribution < 1.29 is 14.6 Å². The van der Waals surface area contributed by atoms with Gasteiger partial charge in [0, 0.05) is 32.0 Å². The maximum atomic E-state index is 11.6. The summed E-state index contributed by atoms with van der Waals surface area (Å²) in [7, 11) is 0. The van der Waals surface area contributed by atoms with Crippen molar-refractivity contribution >= 4 is 5.91 Å². The third-order valence-electron chi connectivity index (χ3n) is 3.90. The van der Waals surface area contributed by atoms with Crippen molar-refractivity contribution in [3.05, 3.63) is 0 Å². The van der Waals surface area contributed by atoms with Gasteiger partial charge in [-0.1, -0.05) is 0 Å². The van der Waals surface area contributed by atoms with Gasteiger partial charge < -0.3 is 20.9 Å². The Morgan fingerprint density at radius 2 is 2.35 bits per heavy atom. The summed E-state index contributed by atoms with van der Waals surface area (Å²) < 4.78 is 5.30. The highest BCUT2D eigenvalue weighted by atomic mass is 16.5. The van der Waals surface area contributed by atoms with Gasteiger partial charge in [0.1, 0.15) is 5.60 Å². The maximum Gasteiger partial charge on any atom is 0.221 e. The smallest absolute Gasteiger partial charge is 0.221 e. The van der Waals surface area contributed by atoms with Crippen molar-refractivity contribution in [1.29, 1.82) is 0 Å². The standard InChI is InChI=1S/C12H22N2O3/c1-8-12(16,4-5-17-8)7-14-11(15)6-10(13)9-2-3-9/h8-10,16H,2-7,13H2,1H3,(H,14,15). The van der Waals surface area contributed by atoms with Gasteiger partial charge in [0.2, 0.25) is 5.91 Å². The van der Waals surface area contributed by atoms with E-state index in [4.69, 9.17) is 10.5 Å². The molecular weight excluding hydrogens is 220 g/mol. The van der Waals surface area contributed by atoms with Gasteiger partial charge in [-0.15, -0.1) is 0 Å². The molecular formula is C12H22N2O3. The van der Waals surface area contributed by atoms with Gasteiger partial charge in [0.05, 0.1) is 6.10 Å². The molecule has 0 aromatic rings. The molecule has 0 spiro atoms. The molecule has 1 amide bonds. The fraction of sp³-hybridized carbons (Fsp3) is 0.917. The zero-order chi connectivity index (χ0) is 12.5. The van der Waals surface area contributed by atoms with Crippen LogP contribution in [0.5, 0.6) is 0 Å². The Kier molecular flexibility index (Phi) is 3.70. The van der Waals surface area contributed by atoms with Crippen molar-refractivity contribution in [2.75, 3.05) is 13.2 Å². The first-order valence-corrected chi connectivity index (χ1v) is 6.37. The SMILES string of the molecule is CC1OCCC1(O)CNC(=O)CC(N)C1CC1. The predicted molar refractivity (Wildman–Crippen MR) is 63.3 cm³/mol. The Morgan fingerprint density at radius 3 is 2.88 bits per heavy atom. The third-order valence-corrected chi connectivity index (χ3v) is 3.90. The number of carbonyl (C=O) groups excluding carboxylic acids is 1. The minimum Gasteiger partial charge on any atom is -0.385 e. The molecule has 3 unspecified atom stereocenters. The Morgan fingerprint density at radius 1 is 1.65 bits per heavy atom. The van der Waals surface area contributed by atoms with E-state index in [0.29, 0.717) is 25.4 Å². The number of carbonyl (C=O) groups is 1. The topological polar surface area (TPSA) is 84.6 Å². The number of amides is 1. The first-order valence-electron chi connectivity index (χ1n) is 6.37. The number of hydrogen-bond acceptors (Lipinski definition) is 4. The molecule has 1 heterocycles. The summed E-state index contributed by atoms with van der Waals surface area (Å²) in [4.78, 5) is 11.6. The molecule has 2 aliphatic rings. The number of nitrogens with one attached hydrogen (secondary N) is 1. The minimum atomic E-state index is -0.917. The molecule has 0 radical (unpaired) electrons. The largest absolute Gasteiger partial charge is 0.385 e. The van der Waals surface area contributed by atoms with E-state index in [1.165, 1.54) is 0 Å². The molecule has 5 nitrogen and oxygen atoms in total. The van der Waals surface area contributed by atoms with Crippen molar-refractivity contribution in [2.45, 2.75) is 50.4 Å². The Labute approximate surface area is 102 Å². The average Bonchev–Trinajstić information content (AvgIpc) is 3.05. The molecule has 0 aromatic heterocycles. The summed E-state index contributed by atoms with van der Waals surface area (Å²) in [5.74, 6) is 0.453. The zero-order valence-electron chi connectivity index (χ0n) is 10.3.